The highest BCUT2D eigenvalue weighted by Crippen LogP contribution is 2.55. The quantitative estimate of drug-likeness (QED) is 0.423. The van der Waals surface area contributed by atoms with Crippen molar-refractivity contribution in [3.63, 3.8) is 0 Å². The number of nitriles is 1. The molecule has 6 atom stereocenters. The molecule has 10 heteroatoms. The van der Waals surface area contributed by atoms with Gasteiger partial charge in [0, 0.05) is 16.8 Å². The first-order valence-electron chi connectivity index (χ1n) is 12.9. The van der Waals surface area contributed by atoms with Gasteiger partial charge in [0.05, 0.1) is 25.0 Å². The van der Waals surface area contributed by atoms with Crippen molar-refractivity contribution in [1.29, 1.82) is 5.26 Å². The second-order valence-corrected chi connectivity index (χ2v) is 10.9. The van der Waals surface area contributed by atoms with Crippen LogP contribution in [0.2, 0.25) is 0 Å². The molecule has 10 nitrogen and oxygen atoms in total. The van der Waals surface area contributed by atoms with Crippen LogP contribution in [0.15, 0.2) is 24.3 Å². The smallest absolute Gasteiger partial charge is 0.268 e. The van der Waals surface area contributed by atoms with Crippen molar-refractivity contribution in [2.75, 3.05) is 7.11 Å². The zero-order chi connectivity index (χ0) is 25.9. The summed E-state index contributed by atoms with van der Waals surface area (Å²) in [6.07, 6.45) is 4.12. The van der Waals surface area contributed by atoms with Crippen LogP contribution in [0, 0.1) is 40.9 Å². The van der Waals surface area contributed by atoms with Crippen molar-refractivity contribution in [3.05, 3.63) is 30.0 Å². The third kappa shape index (κ3) is 3.84. The summed E-state index contributed by atoms with van der Waals surface area (Å²) < 4.78 is 5.38. The van der Waals surface area contributed by atoms with E-state index in [9.17, 15) is 24.4 Å². The van der Waals surface area contributed by atoms with Gasteiger partial charge < -0.3 is 20.4 Å². The molecule has 2 bridgehead atoms. The minimum Gasteiger partial charge on any atom is -0.496 e. The van der Waals surface area contributed by atoms with Gasteiger partial charge in [0.25, 0.3) is 5.91 Å². The predicted octanol–water partition coefficient (Wildman–Crippen LogP) is 1.77. The molecule has 0 radical (unpaired) electrons. The van der Waals surface area contributed by atoms with Crippen LogP contribution >= 0.6 is 0 Å². The summed E-state index contributed by atoms with van der Waals surface area (Å²) in [5.74, 6) is -2.10. The van der Waals surface area contributed by atoms with Gasteiger partial charge in [-0.1, -0.05) is 18.9 Å². The second kappa shape index (κ2) is 8.61. The molecule has 7 rings (SSSR count). The van der Waals surface area contributed by atoms with E-state index in [1.54, 1.807) is 13.2 Å². The average Bonchev–Trinajstić information content (AvgIpc) is 3.51. The Hall–Kier alpha value is -3.87. The van der Waals surface area contributed by atoms with Crippen molar-refractivity contribution >= 4 is 34.5 Å². The number of aromatic amines is 1. The van der Waals surface area contributed by atoms with Gasteiger partial charge in [-0.3, -0.25) is 24.5 Å². The van der Waals surface area contributed by atoms with E-state index >= 15 is 0 Å². The van der Waals surface area contributed by atoms with Crippen LogP contribution in [0.3, 0.4) is 0 Å². The van der Waals surface area contributed by atoms with E-state index in [1.807, 2.05) is 18.2 Å². The Morgan fingerprint density at radius 1 is 1.19 bits per heavy atom. The standard InChI is InChI=1S/C27H29N5O5/c1-37-20-4-2-3-17-15(20)10-19(29-17)23(33)30-18(9-13-5-6-13)24(34)32-27(12-28)11-14-7-8-16(27)22-21(14)25(35)31-26(22)36/h2-4,10,13-14,16,18,21-22,29H,5-9,11H2,1H3,(H,30,33)(H,32,34)(H,31,35,36)/t14-,16?,18+,21+,22-,27-/m1/s1. The van der Waals surface area contributed by atoms with Crippen LogP contribution in [-0.2, 0) is 14.4 Å². The van der Waals surface area contributed by atoms with E-state index in [4.69, 9.17) is 4.74 Å². The minimum atomic E-state index is -1.25. The Balaban J connectivity index is 1.23. The van der Waals surface area contributed by atoms with Crippen LogP contribution in [0.5, 0.6) is 5.75 Å². The molecule has 5 aliphatic rings. The first-order valence-corrected chi connectivity index (χ1v) is 12.9. The van der Waals surface area contributed by atoms with E-state index < -0.39 is 41.1 Å². The van der Waals surface area contributed by atoms with Gasteiger partial charge in [0.1, 0.15) is 23.0 Å². The lowest BCUT2D eigenvalue weighted by Crippen LogP contribution is -2.66. The first-order chi connectivity index (χ1) is 17.8. The number of hydrogen-bond donors (Lipinski definition) is 4. The molecule has 4 amide bonds. The number of nitrogens with zero attached hydrogens (tertiary/aromatic N) is 1. The highest BCUT2D eigenvalue weighted by Gasteiger charge is 2.64. The fourth-order valence-corrected chi connectivity index (χ4v) is 6.84. The van der Waals surface area contributed by atoms with Crippen LogP contribution in [0.25, 0.3) is 10.9 Å². The molecule has 2 aromatic rings. The van der Waals surface area contributed by atoms with Gasteiger partial charge in [0.2, 0.25) is 17.7 Å². The molecule has 5 fully saturated rings. The molecule has 1 saturated heterocycles. The van der Waals surface area contributed by atoms with Gasteiger partial charge >= 0.3 is 0 Å². The fourth-order valence-electron chi connectivity index (χ4n) is 6.84. The summed E-state index contributed by atoms with van der Waals surface area (Å²) in [6, 6.07) is 8.66. The number of carbonyl (C=O) groups excluding carboxylic acids is 4. The molecule has 4 aliphatic carbocycles. The topological polar surface area (TPSA) is 153 Å². The maximum atomic E-state index is 13.6. The van der Waals surface area contributed by atoms with Crippen molar-refractivity contribution in [1.82, 2.24) is 20.9 Å². The van der Waals surface area contributed by atoms with E-state index in [1.165, 1.54) is 0 Å². The Kier molecular flexibility index (Phi) is 5.48. The number of rotatable bonds is 7. The highest BCUT2D eigenvalue weighted by molar-refractivity contribution is 6.06. The maximum absolute atomic E-state index is 13.6. The van der Waals surface area contributed by atoms with Crippen LogP contribution in [0.4, 0.5) is 0 Å². The molecule has 192 valence electrons. The van der Waals surface area contributed by atoms with Crippen LogP contribution < -0.4 is 20.7 Å². The predicted molar refractivity (Wildman–Crippen MR) is 131 cm³/mol. The normalized spacial score (nSPS) is 30.8. The number of amides is 4. The van der Waals surface area contributed by atoms with E-state index in [0.717, 1.165) is 30.2 Å². The Morgan fingerprint density at radius 3 is 2.70 bits per heavy atom. The fraction of sp³-hybridized carbons (Fsp3) is 0.519. The van der Waals surface area contributed by atoms with E-state index in [0.29, 0.717) is 36.6 Å². The molecule has 4 saturated carbocycles. The SMILES string of the molecule is COc1cccc2[nH]c(C(=O)N[C@@H](CC3CC3)C(=O)N[C@@]3(C#N)C[C@H]4CCC3[C@H]3C(=O)NC(=O)[C@@H]43)cc12. The molecule has 1 aromatic heterocycles. The number of H-pyrrole nitrogens is 1. The summed E-state index contributed by atoms with van der Waals surface area (Å²) in [4.78, 5) is 54.9. The monoisotopic (exact) mass is 503 g/mol. The van der Waals surface area contributed by atoms with Gasteiger partial charge in [0.15, 0.2) is 0 Å². The van der Waals surface area contributed by atoms with Crippen molar-refractivity contribution in [3.8, 4) is 11.8 Å². The average molecular weight is 504 g/mol. The van der Waals surface area contributed by atoms with E-state index in [2.05, 4.69) is 27.0 Å². The second-order valence-electron chi connectivity index (χ2n) is 10.9. The molecule has 4 N–H and O–H groups in total. The summed E-state index contributed by atoms with van der Waals surface area (Å²) in [6.45, 7) is 0. The lowest BCUT2D eigenvalue weighted by atomic mass is 9.52. The van der Waals surface area contributed by atoms with Crippen molar-refractivity contribution in [2.45, 2.75) is 50.1 Å². The molecule has 37 heavy (non-hydrogen) atoms. The number of fused-ring (bicyclic) bond motifs is 3. The molecule has 1 aliphatic heterocycles. The molecular weight excluding hydrogens is 474 g/mol. The van der Waals surface area contributed by atoms with Crippen LogP contribution in [-0.4, -0.2) is 47.3 Å². The third-order valence-corrected chi connectivity index (χ3v) is 8.77. The third-order valence-electron chi connectivity index (χ3n) is 8.77. The summed E-state index contributed by atoms with van der Waals surface area (Å²) in [7, 11) is 1.56. The Labute approximate surface area is 213 Å². The summed E-state index contributed by atoms with van der Waals surface area (Å²) >= 11 is 0. The zero-order valence-electron chi connectivity index (χ0n) is 20.5. The Morgan fingerprint density at radius 2 is 1.97 bits per heavy atom. The summed E-state index contributed by atoms with van der Waals surface area (Å²) in [5.41, 5.74) is -0.193. The number of benzene rings is 1. The van der Waals surface area contributed by atoms with E-state index in [-0.39, 0.29) is 17.7 Å². The van der Waals surface area contributed by atoms with Gasteiger partial charge in [-0.25, -0.2) is 0 Å². The van der Waals surface area contributed by atoms with Crippen molar-refractivity contribution in [2.24, 2.45) is 29.6 Å². The first kappa shape index (κ1) is 23.5. The van der Waals surface area contributed by atoms with Gasteiger partial charge in [-0.2, -0.15) is 5.26 Å². The highest BCUT2D eigenvalue weighted by atomic mass is 16.5. The van der Waals surface area contributed by atoms with Gasteiger partial charge in [-0.05, 0) is 55.7 Å². The van der Waals surface area contributed by atoms with Crippen molar-refractivity contribution < 1.29 is 23.9 Å². The molecule has 2 heterocycles. The largest absolute Gasteiger partial charge is 0.496 e. The maximum Gasteiger partial charge on any atom is 0.268 e. The molecule has 1 aromatic carbocycles. The number of carbonyl (C=O) groups is 4. The lowest BCUT2D eigenvalue weighted by Gasteiger charge is -2.52. The zero-order valence-corrected chi connectivity index (χ0v) is 20.5. The number of ether oxygens (including phenoxy) is 1. The summed E-state index contributed by atoms with van der Waals surface area (Å²) in [5, 5.41) is 19.3. The Bertz CT molecular complexity index is 1360. The number of aromatic nitrogens is 1. The number of hydrogen-bond acceptors (Lipinski definition) is 6. The lowest BCUT2D eigenvalue weighted by molar-refractivity contribution is -0.137. The molecule has 0 spiro atoms. The molecule has 1 unspecified atom stereocenters. The number of methoxy groups -OCH3 is 1. The van der Waals surface area contributed by atoms with Gasteiger partial charge in [-0.15, -0.1) is 0 Å². The molecular formula is C27H29N5O5. The number of imide groups is 1. The van der Waals surface area contributed by atoms with Crippen LogP contribution in [0.1, 0.15) is 49.0 Å². The minimum absolute atomic E-state index is 0.140. The number of nitrogens with one attached hydrogen (secondary N) is 4.